The molecule has 1 amide bonds. The molecule has 0 aliphatic carbocycles. The fourth-order valence-corrected chi connectivity index (χ4v) is 7.25. The lowest BCUT2D eigenvalue weighted by Gasteiger charge is -2.22. The van der Waals surface area contributed by atoms with Gasteiger partial charge in [-0.1, -0.05) is 204 Å². The average molecular weight is 814 g/mol. The Hall–Kier alpha value is -2.18. The van der Waals surface area contributed by atoms with Gasteiger partial charge in [-0.2, -0.15) is 0 Å². The second-order valence-corrected chi connectivity index (χ2v) is 16.8. The Balaban J connectivity index is 3.57. The number of rotatable bonds is 45. The van der Waals surface area contributed by atoms with Crippen molar-refractivity contribution >= 4 is 11.9 Å². The number of allylic oxidation sites excluding steroid dienone is 8. The van der Waals surface area contributed by atoms with E-state index in [1.165, 1.54) is 141 Å². The zero-order chi connectivity index (χ0) is 42.3. The largest absolute Gasteiger partial charge is 0.466 e. The number of unbranched alkanes of at least 4 members (excludes halogenated alkanes) is 26. The number of carbonyl (C=O) groups is 2. The summed E-state index contributed by atoms with van der Waals surface area (Å²) in [5.74, 6) is -0.150. The molecule has 0 radical (unpaired) electrons. The summed E-state index contributed by atoms with van der Waals surface area (Å²) in [5.41, 5.74) is 0. The van der Waals surface area contributed by atoms with Crippen LogP contribution in [0.5, 0.6) is 0 Å². The summed E-state index contributed by atoms with van der Waals surface area (Å²) in [6.45, 7) is 4.84. The zero-order valence-electron chi connectivity index (χ0n) is 38.3. The maximum absolute atomic E-state index is 12.4. The predicted octanol–water partition coefficient (Wildman–Crippen LogP) is 14.7. The zero-order valence-corrected chi connectivity index (χ0v) is 38.3. The van der Waals surface area contributed by atoms with Gasteiger partial charge in [0.1, 0.15) is 0 Å². The number of ether oxygens (including phenoxy) is 1. The first-order chi connectivity index (χ1) is 28.5. The maximum atomic E-state index is 12.4. The minimum atomic E-state index is -0.699. The summed E-state index contributed by atoms with van der Waals surface area (Å²) in [6, 6.07) is -0.586. The quantitative estimate of drug-likeness (QED) is 0.0323. The lowest BCUT2D eigenvalue weighted by atomic mass is 10.0. The number of aliphatic hydroxyl groups excluding tert-OH is 2. The highest BCUT2D eigenvalue weighted by Crippen LogP contribution is 2.15. The van der Waals surface area contributed by atoms with E-state index in [1.807, 2.05) is 6.08 Å². The summed E-state index contributed by atoms with van der Waals surface area (Å²) in [5, 5.41) is 23.1. The Kier molecular flexibility index (Phi) is 45.7. The molecule has 0 spiro atoms. The molecule has 0 bridgehead atoms. The lowest BCUT2D eigenvalue weighted by Crippen LogP contribution is -2.45. The first-order valence-electron chi connectivity index (χ1n) is 24.9. The highest BCUT2D eigenvalue weighted by Gasteiger charge is 2.19. The Labute approximate surface area is 359 Å². The van der Waals surface area contributed by atoms with Crippen LogP contribution in [-0.2, 0) is 14.3 Å². The van der Waals surface area contributed by atoms with Crippen molar-refractivity contribution in [3.63, 3.8) is 0 Å². The van der Waals surface area contributed by atoms with Gasteiger partial charge in [0.25, 0.3) is 0 Å². The highest BCUT2D eigenvalue weighted by molar-refractivity contribution is 5.76. The summed E-state index contributed by atoms with van der Waals surface area (Å²) >= 11 is 0. The van der Waals surface area contributed by atoms with Crippen LogP contribution < -0.4 is 5.32 Å². The second kappa shape index (κ2) is 47.5. The predicted molar refractivity (Wildman–Crippen MR) is 250 cm³/mol. The van der Waals surface area contributed by atoms with Crippen LogP contribution in [0, 0.1) is 0 Å². The fraction of sp³-hybridized carbons (Fsp3) is 0.808. The summed E-state index contributed by atoms with van der Waals surface area (Å²) < 4.78 is 5.44. The van der Waals surface area contributed by atoms with E-state index < -0.39 is 12.1 Å². The van der Waals surface area contributed by atoms with E-state index in [-0.39, 0.29) is 18.5 Å². The molecule has 0 rings (SSSR count). The van der Waals surface area contributed by atoms with Gasteiger partial charge < -0.3 is 20.3 Å². The maximum Gasteiger partial charge on any atom is 0.305 e. The van der Waals surface area contributed by atoms with Crippen LogP contribution in [0.1, 0.15) is 245 Å². The molecule has 2 atom stereocenters. The van der Waals surface area contributed by atoms with Crippen LogP contribution in [0.2, 0.25) is 0 Å². The fourth-order valence-electron chi connectivity index (χ4n) is 7.25. The van der Waals surface area contributed by atoms with Crippen molar-refractivity contribution in [2.24, 2.45) is 0 Å². The van der Waals surface area contributed by atoms with Crippen molar-refractivity contribution < 1.29 is 24.5 Å². The molecule has 0 aliphatic heterocycles. The molecule has 0 aromatic carbocycles. The molecule has 0 aromatic rings. The van der Waals surface area contributed by atoms with E-state index in [0.717, 1.165) is 64.2 Å². The molecular formula is C52H95NO5. The third-order valence-corrected chi connectivity index (χ3v) is 11.1. The summed E-state index contributed by atoms with van der Waals surface area (Å²) in [6.07, 6.45) is 58.0. The molecule has 6 nitrogen and oxygen atoms in total. The third-order valence-electron chi connectivity index (χ3n) is 11.1. The number of hydrogen-bond acceptors (Lipinski definition) is 5. The number of hydrogen-bond donors (Lipinski definition) is 3. The molecule has 6 heteroatoms. The number of amides is 1. The van der Waals surface area contributed by atoms with Gasteiger partial charge in [-0.15, -0.1) is 0 Å². The van der Waals surface area contributed by atoms with E-state index in [9.17, 15) is 19.8 Å². The van der Waals surface area contributed by atoms with Gasteiger partial charge in [-0.3, -0.25) is 9.59 Å². The van der Waals surface area contributed by atoms with E-state index in [4.69, 9.17) is 4.74 Å². The molecule has 0 aliphatic rings. The normalized spacial score (nSPS) is 13.1. The first-order valence-corrected chi connectivity index (χ1v) is 24.9. The smallest absolute Gasteiger partial charge is 0.305 e. The van der Waals surface area contributed by atoms with Gasteiger partial charge in [0, 0.05) is 12.8 Å². The van der Waals surface area contributed by atoms with Crippen LogP contribution in [0.3, 0.4) is 0 Å². The molecule has 0 saturated heterocycles. The van der Waals surface area contributed by atoms with Crippen LogP contribution in [0.15, 0.2) is 48.6 Å². The first kappa shape index (κ1) is 55.8. The topological polar surface area (TPSA) is 95.9 Å². The number of carbonyl (C=O) groups excluding carboxylic acids is 2. The van der Waals surface area contributed by atoms with Crippen LogP contribution in [0.4, 0.5) is 0 Å². The Bertz CT molecular complexity index is 988. The molecule has 338 valence electrons. The molecule has 0 fully saturated rings. The summed E-state index contributed by atoms with van der Waals surface area (Å²) in [4.78, 5) is 24.4. The standard InChI is InChI=1S/C52H95NO5/c1-3-5-7-9-11-13-15-17-18-22-26-30-34-38-42-46-52(57)58-47-43-39-35-31-27-23-19-21-25-29-33-37-41-45-51(56)53-49(48-54)50(55)44-40-36-32-28-24-20-16-14-12-10-8-6-4-2/h11,13,17-18,21,25,33,37,49-50,54-55H,3-10,12,14-16,19-20,22-24,26-32,34-36,38-48H2,1-2H3,(H,53,56)/b13-11-,18-17-,25-21-,37-33-. The highest BCUT2D eigenvalue weighted by atomic mass is 16.5. The number of aliphatic hydroxyl groups is 2. The molecule has 3 N–H and O–H groups in total. The van der Waals surface area contributed by atoms with E-state index in [0.29, 0.717) is 32.3 Å². The van der Waals surface area contributed by atoms with Crippen molar-refractivity contribution in [2.75, 3.05) is 13.2 Å². The van der Waals surface area contributed by atoms with Gasteiger partial charge in [0.2, 0.25) is 5.91 Å². The monoisotopic (exact) mass is 814 g/mol. The number of esters is 1. The minimum absolute atomic E-state index is 0.0320. The summed E-state index contributed by atoms with van der Waals surface area (Å²) in [7, 11) is 0. The molecule has 2 unspecified atom stereocenters. The van der Waals surface area contributed by atoms with Crippen molar-refractivity contribution in [2.45, 2.75) is 257 Å². The van der Waals surface area contributed by atoms with Gasteiger partial charge in [-0.25, -0.2) is 0 Å². The molecule has 0 saturated carbocycles. The Morgan fingerprint density at radius 3 is 1.38 bits per heavy atom. The lowest BCUT2D eigenvalue weighted by molar-refractivity contribution is -0.143. The van der Waals surface area contributed by atoms with Gasteiger partial charge in [0.15, 0.2) is 0 Å². The van der Waals surface area contributed by atoms with E-state index >= 15 is 0 Å². The molecular weight excluding hydrogens is 719 g/mol. The van der Waals surface area contributed by atoms with Crippen molar-refractivity contribution in [1.29, 1.82) is 0 Å². The minimum Gasteiger partial charge on any atom is -0.466 e. The third kappa shape index (κ3) is 43.4. The van der Waals surface area contributed by atoms with Crippen molar-refractivity contribution in [1.82, 2.24) is 5.32 Å². The molecule has 0 heterocycles. The van der Waals surface area contributed by atoms with Gasteiger partial charge in [0.05, 0.1) is 25.4 Å². The number of nitrogens with one attached hydrogen (secondary N) is 1. The Morgan fingerprint density at radius 1 is 0.483 bits per heavy atom. The van der Waals surface area contributed by atoms with Crippen molar-refractivity contribution in [3.05, 3.63) is 48.6 Å². The van der Waals surface area contributed by atoms with Gasteiger partial charge >= 0.3 is 5.97 Å². The SMILES string of the molecule is CCCCC/C=C\C/C=C\CCCCCCCC(=O)OCCCCCCCC/C=C\C/C=C\CCC(=O)NC(CO)C(O)CCCCCCCCCCCCCCC. The molecule has 0 aromatic heterocycles. The van der Waals surface area contributed by atoms with E-state index in [2.05, 4.69) is 61.7 Å². The van der Waals surface area contributed by atoms with Crippen LogP contribution in [0.25, 0.3) is 0 Å². The Morgan fingerprint density at radius 2 is 0.879 bits per heavy atom. The second-order valence-electron chi connectivity index (χ2n) is 16.8. The van der Waals surface area contributed by atoms with Crippen LogP contribution >= 0.6 is 0 Å². The van der Waals surface area contributed by atoms with Crippen LogP contribution in [-0.4, -0.2) is 47.4 Å². The van der Waals surface area contributed by atoms with Crippen molar-refractivity contribution in [3.8, 4) is 0 Å². The van der Waals surface area contributed by atoms with Gasteiger partial charge in [-0.05, 0) is 77.0 Å². The molecule has 58 heavy (non-hydrogen) atoms. The average Bonchev–Trinajstić information content (AvgIpc) is 3.22. The van der Waals surface area contributed by atoms with E-state index in [1.54, 1.807) is 0 Å².